The van der Waals surface area contributed by atoms with Crippen molar-refractivity contribution >= 4 is 46.6 Å². The molecule has 5 nitrogen and oxygen atoms in total. The van der Waals surface area contributed by atoms with Crippen LogP contribution in [0.15, 0.2) is 72.8 Å². The summed E-state index contributed by atoms with van der Waals surface area (Å²) in [6.07, 6.45) is 5.61. The lowest BCUT2D eigenvalue weighted by molar-refractivity contribution is -0.143. The molecule has 1 aliphatic rings. The van der Waals surface area contributed by atoms with E-state index in [4.69, 9.17) is 39.5 Å². The number of hydrogen-bond acceptors (Lipinski definition) is 3. The average Bonchev–Trinajstić information content (AvgIpc) is 2.92. The normalized spacial score (nSPS) is 14.5. The van der Waals surface area contributed by atoms with Crippen LogP contribution >= 0.6 is 34.8 Å². The highest BCUT2D eigenvalue weighted by Crippen LogP contribution is 2.28. The molecule has 1 N–H and O–H groups in total. The van der Waals surface area contributed by atoms with Crippen molar-refractivity contribution in [1.29, 1.82) is 0 Å². The average molecular weight is 574 g/mol. The molecule has 1 unspecified atom stereocenters. The summed E-state index contributed by atoms with van der Waals surface area (Å²) < 4.78 is 5.79. The lowest BCUT2D eigenvalue weighted by atomic mass is 9.94. The molecule has 4 rings (SSSR count). The van der Waals surface area contributed by atoms with E-state index in [-0.39, 0.29) is 31.0 Å². The first-order chi connectivity index (χ1) is 18.4. The van der Waals surface area contributed by atoms with Gasteiger partial charge in [0.05, 0.1) is 5.02 Å². The molecule has 200 valence electrons. The number of carbonyl (C=O) groups is 2. The Bertz CT molecular complexity index is 1230. The van der Waals surface area contributed by atoms with Crippen LogP contribution in [0.5, 0.6) is 5.75 Å². The summed E-state index contributed by atoms with van der Waals surface area (Å²) in [5.74, 6) is -0.185. The van der Waals surface area contributed by atoms with E-state index in [9.17, 15) is 9.59 Å². The maximum atomic E-state index is 13.8. The van der Waals surface area contributed by atoms with Crippen molar-refractivity contribution in [3.8, 4) is 5.75 Å². The zero-order valence-corrected chi connectivity index (χ0v) is 23.3. The number of nitrogens with zero attached hydrogens (tertiary/aromatic N) is 1. The Morgan fingerprint density at radius 1 is 0.895 bits per heavy atom. The van der Waals surface area contributed by atoms with Crippen LogP contribution < -0.4 is 10.1 Å². The van der Waals surface area contributed by atoms with Gasteiger partial charge in [0.25, 0.3) is 5.91 Å². The van der Waals surface area contributed by atoms with Crippen molar-refractivity contribution in [2.45, 2.75) is 57.2 Å². The molecule has 2 amide bonds. The van der Waals surface area contributed by atoms with Gasteiger partial charge in [0.15, 0.2) is 6.61 Å². The number of carbonyl (C=O) groups excluding carboxylic acids is 2. The molecule has 0 aliphatic heterocycles. The standard InChI is InChI=1S/C30H31Cl3N2O3/c31-23-15-16-28(26(33)18-23)38-20-29(36)35(19-22-11-7-8-14-25(22)32)27(17-21-9-3-1-4-10-21)30(37)34-24-12-5-2-6-13-24/h1,3-4,7-11,14-16,18,24,27H,2,5-6,12-13,17,19-20H2,(H,34,37). The minimum Gasteiger partial charge on any atom is -0.482 e. The number of halogens is 3. The quantitative estimate of drug-likeness (QED) is 0.281. The molecule has 0 radical (unpaired) electrons. The molecule has 8 heteroatoms. The van der Waals surface area contributed by atoms with Crippen molar-refractivity contribution in [3.63, 3.8) is 0 Å². The summed E-state index contributed by atoms with van der Waals surface area (Å²) in [5, 5.41) is 4.52. The van der Waals surface area contributed by atoms with Gasteiger partial charge in [-0.15, -0.1) is 0 Å². The molecular weight excluding hydrogens is 543 g/mol. The first-order valence-corrected chi connectivity index (χ1v) is 14.0. The molecule has 1 atom stereocenters. The molecule has 0 spiro atoms. The minimum atomic E-state index is -0.757. The monoisotopic (exact) mass is 572 g/mol. The lowest BCUT2D eigenvalue weighted by Gasteiger charge is -2.33. The predicted octanol–water partition coefficient (Wildman–Crippen LogP) is 7.11. The first kappa shape index (κ1) is 28.3. The smallest absolute Gasteiger partial charge is 0.261 e. The van der Waals surface area contributed by atoms with Crippen molar-refractivity contribution in [2.75, 3.05) is 6.61 Å². The molecular formula is C30H31Cl3N2O3. The third kappa shape index (κ3) is 7.89. The molecule has 0 aromatic heterocycles. The summed E-state index contributed by atoms with van der Waals surface area (Å²) in [5.41, 5.74) is 1.70. The molecule has 0 bridgehead atoms. The maximum Gasteiger partial charge on any atom is 0.261 e. The molecule has 1 fully saturated rings. The van der Waals surface area contributed by atoms with Crippen LogP contribution in [0.3, 0.4) is 0 Å². The predicted molar refractivity (Wildman–Crippen MR) is 153 cm³/mol. The zero-order valence-electron chi connectivity index (χ0n) is 21.0. The van der Waals surface area contributed by atoms with Crippen LogP contribution in [0.2, 0.25) is 15.1 Å². The molecule has 3 aromatic rings. The summed E-state index contributed by atoms with van der Waals surface area (Å²) >= 11 is 18.7. The molecule has 0 saturated heterocycles. The fourth-order valence-electron chi connectivity index (χ4n) is 4.72. The van der Waals surface area contributed by atoms with Gasteiger partial charge in [0.2, 0.25) is 5.91 Å². The Balaban J connectivity index is 1.62. The van der Waals surface area contributed by atoms with E-state index in [2.05, 4.69) is 5.32 Å². The number of ether oxygens (including phenoxy) is 1. The van der Waals surface area contributed by atoms with Gasteiger partial charge in [-0.3, -0.25) is 9.59 Å². The van der Waals surface area contributed by atoms with Crippen LogP contribution in [-0.2, 0) is 22.6 Å². The molecule has 1 aliphatic carbocycles. The van der Waals surface area contributed by atoms with Crippen LogP contribution in [0.1, 0.15) is 43.2 Å². The van der Waals surface area contributed by atoms with Crippen LogP contribution in [0.25, 0.3) is 0 Å². The van der Waals surface area contributed by atoms with Crippen molar-refractivity contribution < 1.29 is 14.3 Å². The third-order valence-electron chi connectivity index (χ3n) is 6.77. The van der Waals surface area contributed by atoms with Crippen molar-refractivity contribution in [1.82, 2.24) is 10.2 Å². The van der Waals surface area contributed by atoms with Crippen molar-refractivity contribution in [2.24, 2.45) is 0 Å². The number of hydrogen-bond donors (Lipinski definition) is 1. The maximum absolute atomic E-state index is 13.8. The zero-order chi connectivity index (χ0) is 26.9. The van der Waals surface area contributed by atoms with Gasteiger partial charge >= 0.3 is 0 Å². The largest absolute Gasteiger partial charge is 0.482 e. The fraction of sp³-hybridized carbons (Fsp3) is 0.333. The number of rotatable bonds is 10. The van der Waals surface area contributed by atoms with E-state index in [1.807, 2.05) is 48.5 Å². The van der Waals surface area contributed by atoms with E-state index in [0.29, 0.717) is 27.2 Å². The topological polar surface area (TPSA) is 58.6 Å². The number of nitrogens with one attached hydrogen (secondary N) is 1. The highest BCUT2D eigenvalue weighted by Gasteiger charge is 2.32. The van der Waals surface area contributed by atoms with Gasteiger partial charge in [-0.2, -0.15) is 0 Å². The molecule has 3 aromatic carbocycles. The first-order valence-electron chi connectivity index (χ1n) is 12.9. The number of benzene rings is 3. The van der Waals surface area contributed by atoms with Crippen molar-refractivity contribution in [3.05, 3.63) is 99.0 Å². The van der Waals surface area contributed by atoms with Gasteiger partial charge in [-0.25, -0.2) is 0 Å². The third-order valence-corrected chi connectivity index (χ3v) is 7.67. The van der Waals surface area contributed by atoms with E-state index in [0.717, 1.165) is 36.8 Å². The summed E-state index contributed by atoms with van der Waals surface area (Å²) in [6.45, 7) is -0.139. The van der Waals surface area contributed by atoms with E-state index in [1.165, 1.54) is 6.42 Å². The van der Waals surface area contributed by atoms with Gasteiger partial charge in [0, 0.05) is 29.1 Å². The fourth-order valence-corrected chi connectivity index (χ4v) is 5.38. The lowest BCUT2D eigenvalue weighted by Crippen LogP contribution is -2.53. The van der Waals surface area contributed by atoms with E-state index < -0.39 is 6.04 Å². The van der Waals surface area contributed by atoms with Crippen LogP contribution in [-0.4, -0.2) is 35.4 Å². The summed E-state index contributed by atoms with van der Waals surface area (Å²) in [4.78, 5) is 29.1. The summed E-state index contributed by atoms with van der Waals surface area (Å²) in [6, 6.07) is 21.2. The minimum absolute atomic E-state index is 0.107. The summed E-state index contributed by atoms with van der Waals surface area (Å²) in [7, 11) is 0. The Kier molecular flexibility index (Phi) is 10.3. The Hall–Kier alpha value is -2.73. The molecule has 0 heterocycles. The van der Waals surface area contributed by atoms with Gasteiger partial charge in [-0.05, 0) is 48.2 Å². The van der Waals surface area contributed by atoms with E-state index in [1.54, 1.807) is 29.2 Å². The van der Waals surface area contributed by atoms with Gasteiger partial charge < -0.3 is 15.0 Å². The highest BCUT2D eigenvalue weighted by molar-refractivity contribution is 6.35. The second-order valence-electron chi connectivity index (χ2n) is 9.53. The highest BCUT2D eigenvalue weighted by atomic mass is 35.5. The van der Waals surface area contributed by atoms with Gasteiger partial charge in [-0.1, -0.05) is 103 Å². The SMILES string of the molecule is O=C(NC1CCCCC1)C(Cc1ccccc1)N(Cc1ccccc1Cl)C(=O)COc1ccc(Cl)cc1Cl. The molecule has 1 saturated carbocycles. The number of amides is 2. The molecule has 38 heavy (non-hydrogen) atoms. The Morgan fingerprint density at radius 2 is 1.61 bits per heavy atom. The van der Waals surface area contributed by atoms with Gasteiger partial charge in [0.1, 0.15) is 11.8 Å². The van der Waals surface area contributed by atoms with Crippen LogP contribution in [0, 0.1) is 0 Å². The van der Waals surface area contributed by atoms with E-state index >= 15 is 0 Å². The second kappa shape index (κ2) is 13.9. The second-order valence-corrected chi connectivity index (χ2v) is 10.8. The Labute approximate surface area is 239 Å². The Morgan fingerprint density at radius 3 is 2.32 bits per heavy atom. The van der Waals surface area contributed by atoms with Crippen LogP contribution in [0.4, 0.5) is 0 Å².